The van der Waals surface area contributed by atoms with Crippen molar-refractivity contribution in [3.05, 3.63) is 57.7 Å². The van der Waals surface area contributed by atoms with Gasteiger partial charge < -0.3 is 10.1 Å². The van der Waals surface area contributed by atoms with Crippen LogP contribution in [0.25, 0.3) is 0 Å². The molecule has 0 unspecified atom stereocenters. The van der Waals surface area contributed by atoms with E-state index in [1.807, 2.05) is 12.1 Å². The first-order valence-corrected chi connectivity index (χ1v) is 7.30. The van der Waals surface area contributed by atoms with E-state index >= 15 is 0 Å². The fraction of sp³-hybridized carbons (Fsp3) is 0.200. The van der Waals surface area contributed by atoms with Gasteiger partial charge in [-0.3, -0.25) is 4.99 Å². The number of aromatic nitrogens is 1. The highest BCUT2D eigenvalue weighted by molar-refractivity contribution is 6.35. The molecule has 1 aromatic heterocycles. The molecule has 21 heavy (non-hydrogen) atoms. The number of ether oxygens (including phenoxy) is 1. The molecule has 0 atom stereocenters. The maximum atomic E-state index is 6.14. The summed E-state index contributed by atoms with van der Waals surface area (Å²) >= 11 is 12.3. The molecule has 0 spiro atoms. The summed E-state index contributed by atoms with van der Waals surface area (Å²) in [4.78, 5) is 8.66. The minimum absolute atomic E-state index is 0.260. The van der Waals surface area contributed by atoms with Gasteiger partial charge in [-0.15, -0.1) is 0 Å². The largest absolute Gasteiger partial charge is 0.472 e. The van der Waals surface area contributed by atoms with Crippen LogP contribution in [-0.4, -0.2) is 23.9 Å². The SMILES string of the molecule is Clc1cccc(Cl)c1COc1ncccc1C1=NCCN1. The molecule has 0 saturated carbocycles. The summed E-state index contributed by atoms with van der Waals surface area (Å²) in [5.41, 5.74) is 1.59. The first kappa shape index (κ1) is 14.2. The fourth-order valence-electron chi connectivity index (χ4n) is 2.08. The maximum Gasteiger partial charge on any atom is 0.224 e. The molecule has 6 heteroatoms. The first-order valence-electron chi connectivity index (χ1n) is 6.55. The lowest BCUT2D eigenvalue weighted by Gasteiger charge is -2.12. The van der Waals surface area contributed by atoms with Gasteiger partial charge in [-0.2, -0.15) is 0 Å². The van der Waals surface area contributed by atoms with E-state index in [0.717, 1.165) is 30.1 Å². The van der Waals surface area contributed by atoms with Crippen molar-refractivity contribution in [3.8, 4) is 5.88 Å². The number of pyridine rings is 1. The summed E-state index contributed by atoms with van der Waals surface area (Å²) in [5, 5.41) is 4.37. The Labute approximate surface area is 132 Å². The van der Waals surface area contributed by atoms with E-state index in [1.165, 1.54) is 0 Å². The average molecular weight is 322 g/mol. The number of amidine groups is 1. The van der Waals surface area contributed by atoms with Crippen LogP contribution in [0.3, 0.4) is 0 Å². The maximum absolute atomic E-state index is 6.14. The molecular weight excluding hydrogens is 309 g/mol. The number of nitrogens with zero attached hydrogens (tertiary/aromatic N) is 2. The molecule has 2 aromatic rings. The van der Waals surface area contributed by atoms with Crippen LogP contribution in [0.4, 0.5) is 0 Å². The van der Waals surface area contributed by atoms with Gasteiger partial charge in [0, 0.05) is 28.4 Å². The van der Waals surface area contributed by atoms with Crippen LogP contribution in [0.5, 0.6) is 5.88 Å². The molecule has 0 radical (unpaired) electrons. The Bertz CT molecular complexity index is 668. The molecule has 108 valence electrons. The van der Waals surface area contributed by atoms with Crippen LogP contribution in [0.2, 0.25) is 10.0 Å². The summed E-state index contributed by atoms with van der Waals surface area (Å²) in [5.74, 6) is 1.32. The van der Waals surface area contributed by atoms with Crippen molar-refractivity contribution in [2.45, 2.75) is 6.61 Å². The highest BCUT2D eigenvalue weighted by Gasteiger charge is 2.15. The Morgan fingerprint density at radius 2 is 1.95 bits per heavy atom. The van der Waals surface area contributed by atoms with Crippen molar-refractivity contribution in [3.63, 3.8) is 0 Å². The molecule has 1 N–H and O–H groups in total. The third-order valence-corrected chi connectivity index (χ3v) is 3.82. The van der Waals surface area contributed by atoms with Crippen LogP contribution in [-0.2, 0) is 6.61 Å². The quantitative estimate of drug-likeness (QED) is 0.939. The van der Waals surface area contributed by atoms with Gasteiger partial charge in [0.05, 0.1) is 12.1 Å². The van der Waals surface area contributed by atoms with Crippen molar-refractivity contribution in [2.24, 2.45) is 4.99 Å². The highest BCUT2D eigenvalue weighted by atomic mass is 35.5. The van der Waals surface area contributed by atoms with E-state index in [0.29, 0.717) is 15.9 Å². The number of aliphatic imine (C=N–C) groups is 1. The predicted molar refractivity (Wildman–Crippen MR) is 84.4 cm³/mol. The van der Waals surface area contributed by atoms with Gasteiger partial charge in [0.15, 0.2) is 0 Å². The Morgan fingerprint density at radius 3 is 2.67 bits per heavy atom. The second-order valence-electron chi connectivity index (χ2n) is 4.50. The fourth-order valence-corrected chi connectivity index (χ4v) is 2.58. The molecule has 0 fully saturated rings. The average Bonchev–Trinajstić information content (AvgIpc) is 3.01. The van der Waals surface area contributed by atoms with E-state index in [1.54, 1.807) is 24.4 Å². The van der Waals surface area contributed by atoms with Crippen LogP contribution >= 0.6 is 23.2 Å². The van der Waals surface area contributed by atoms with Crippen LogP contribution in [0, 0.1) is 0 Å². The van der Waals surface area contributed by atoms with Crippen molar-refractivity contribution in [2.75, 3.05) is 13.1 Å². The van der Waals surface area contributed by atoms with E-state index in [4.69, 9.17) is 27.9 Å². The Balaban J connectivity index is 1.83. The van der Waals surface area contributed by atoms with Crippen LogP contribution < -0.4 is 10.1 Å². The summed E-state index contributed by atoms with van der Waals surface area (Å²) < 4.78 is 5.80. The van der Waals surface area contributed by atoms with E-state index < -0.39 is 0 Å². The zero-order valence-electron chi connectivity index (χ0n) is 11.1. The minimum Gasteiger partial charge on any atom is -0.472 e. The Hall–Kier alpha value is -1.78. The third kappa shape index (κ3) is 3.12. The molecule has 0 saturated heterocycles. The minimum atomic E-state index is 0.260. The number of halogens is 2. The number of benzene rings is 1. The highest BCUT2D eigenvalue weighted by Crippen LogP contribution is 2.26. The van der Waals surface area contributed by atoms with Crippen LogP contribution in [0.15, 0.2) is 41.5 Å². The molecule has 1 aliphatic rings. The monoisotopic (exact) mass is 321 g/mol. The van der Waals surface area contributed by atoms with Crippen molar-refractivity contribution < 1.29 is 4.74 Å². The number of hydrogen-bond acceptors (Lipinski definition) is 4. The van der Waals surface area contributed by atoms with Crippen molar-refractivity contribution in [1.82, 2.24) is 10.3 Å². The topological polar surface area (TPSA) is 46.5 Å². The van der Waals surface area contributed by atoms with Crippen molar-refractivity contribution >= 4 is 29.0 Å². The third-order valence-electron chi connectivity index (χ3n) is 3.12. The Morgan fingerprint density at radius 1 is 1.14 bits per heavy atom. The molecule has 1 aromatic carbocycles. The normalized spacial score (nSPS) is 13.7. The van der Waals surface area contributed by atoms with Crippen molar-refractivity contribution in [1.29, 1.82) is 0 Å². The van der Waals surface area contributed by atoms with E-state index in [-0.39, 0.29) is 6.61 Å². The first-order chi connectivity index (χ1) is 10.3. The molecule has 4 nitrogen and oxygen atoms in total. The predicted octanol–water partition coefficient (Wildman–Crippen LogP) is 3.32. The lowest BCUT2D eigenvalue weighted by atomic mass is 10.2. The van der Waals surface area contributed by atoms with Gasteiger partial charge in [-0.1, -0.05) is 29.3 Å². The van der Waals surface area contributed by atoms with Gasteiger partial charge >= 0.3 is 0 Å². The summed E-state index contributed by atoms with van der Waals surface area (Å²) in [6.45, 7) is 1.86. The second-order valence-corrected chi connectivity index (χ2v) is 5.32. The molecule has 0 aliphatic carbocycles. The lowest BCUT2D eigenvalue weighted by Crippen LogP contribution is -2.20. The zero-order chi connectivity index (χ0) is 14.7. The number of rotatable bonds is 4. The standard InChI is InChI=1S/C15H13Cl2N3O/c16-12-4-1-5-13(17)11(12)9-21-15-10(3-2-6-20-15)14-18-7-8-19-14/h1-6H,7-9H2,(H,18,19). The zero-order valence-corrected chi connectivity index (χ0v) is 12.7. The number of nitrogens with one attached hydrogen (secondary N) is 1. The van der Waals surface area contributed by atoms with Crippen LogP contribution in [0.1, 0.15) is 11.1 Å². The second kappa shape index (κ2) is 6.33. The van der Waals surface area contributed by atoms with Gasteiger partial charge in [0.2, 0.25) is 5.88 Å². The summed E-state index contributed by atoms with van der Waals surface area (Å²) in [6.07, 6.45) is 1.68. The van der Waals surface area contributed by atoms with Gasteiger partial charge in [0.25, 0.3) is 0 Å². The van der Waals surface area contributed by atoms with Gasteiger partial charge in [-0.05, 0) is 24.3 Å². The smallest absolute Gasteiger partial charge is 0.224 e. The Kier molecular flexibility index (Phi) is 4.27. The van der Waals surface area contributed by atoms with E-state index in [9.17, 15) is 0 Å². The van der Waals surface area contributed by atoms with E-state index in [2.05, 4.69) is 15.3 Å². The molecule has 1 aliphatic heterocycles. The lowest BCUT2D eigenvalue weighted by molar-refractivity contribution is 0.293. The molecule has 2 heterocycles. The molecule has 0 amide bonds. The molecule has 3 rings (SSSR count). The molecule has 0 bridgehead atoms. The van der Waals surface area contributed by atoms with Gasteiger partial charge in [-0.25, -0.2) is 4.98 Å². The summed E-state index contributed by atoms with van der Waals surface area (Å²) in [6, 6.07) is 9.15. The van der Waals surface area contributed by atoms with Gasteiger partial charge in [0.1, 0.15) is 12.4 Å². The number of hydrogen-bond donors (Lipinski definition) is 1. The summed E-state index contributed by atoms with van der Waals surface area (Å²) in [7, 11) is 0. The molecular formula is C15H13Cl2N3O.